The molecule has 0 atom stereocenters. The van der Waals surface area contributed by atoms with E-state index in [9.17, 15) is 9.18 Å². The molecule has 0 unspecified atom stereocenters. The first-order valence-corrected chi connectivity index (χ1v) is 11.1. The summed E-state index contributed by atoms with van der Waals surface area (Å²) in [6.07, 6.45) is 5.56. The molecule has 1 aromatic carbocycles. The quantitative estimate of drug-likeness (QED) is 0.507. The Labute approximate surface area is 178 Å². The maximum atomic E-state index is 12.9. The van der Waals surface area contributed by atoms with E-state index in [2.05, 4.69) is 21.1 Å². The number of benzene rings is 1. The van der Waals surface area contributed by atoms with Crippen LogP contribution in [0.5, 0.6) is 0 Å². The third-order valence-electron chi connectivity index (χ3n) is 5.06. The Kier molecular flexibility index (Phi) is 6.86. The van der Waals surface area contributed by atoms with Gasteiger partial charge in [0.05, 0.1) is 17.0 Å². The average molecular weight is 430 g/mol. The Morgan fingerprint density at radius 1 is 1.10 bits per heavy atom. The predicted molar refractivity (Wildman–Crippen MR) is 112 cm³/mol. The molecule has 1 aliphatic heterocycles. The van der Waals surface area contributed by atoms with E-state index in [4.69, 9.17) is 9.26 Å². The summed E-state index contributed by atoms with van der Waals surface area (Å²) in [5.41, 5.74) is 0.306. The van der Waals surface area contributed by atoms with Crippen LogP contribution in [0.3, 0.4) is 0 Å². The average Bonchev–Trinajstić information content (AvgIpc) is 3.33. The van der Waals surface area contributed by atoms with Gasteiger partial charge in [-0.15, -0.1) is 11.3 Å². The minimum atomic E-state index is -0.505. The number of rotatable bonds is 7. The molecule has 0 bridgehead atoms. The highest BCUT2D eigenvalue weighted by molar-refractivity contribution is 7.15. The molecule has 0 spiro atoms. The minimum absolute atomic E-state index is 0.125. The van der Waals surface area contributed by atoms with Gasteiger partial charge in [-0.05, 0) is 62.3 Å². The zero-order valence-electron chi connectivity index (χ0n) is 16.7. The topological polar surface area (TPSA) is 68.5 Å². The lowest BCUT2D eigenvalue weighted by Crippen LogP contribution is -2.23. The minimum Gasteiger partial charge on any atom is -0.462 e. The molecule has 30 heavy (non-hydrogen) atoms. The van der Waals surface area contributed by atoms with Crippen molar-refractivity contribution in [3.8, 4) is 10.8 Å². The number of hydrogen-bond donors (Lipinski definition) is 0. The lowest BCUT2D eigenvalue weighted by molar-refractivity contribution is 0.0507. The summed E-state index contributed by atoms with van der Waals surface area (Å²) in [6, 6.07) is 9.38. The van der Waals surface area contributed by atoms with Crippen molar-refractivity contribution in [1.29, 1.82) is 0 Å². The number of halogens is 1. The summed E-state index contributed by atoms with van der Waals surface area (Å²) >= 11 is 1.67. The van der Waals surface area contributed by atoms with Crippen LogP contribution in [0.25, 0.3) is 10.8 Å². The summed E-state index contributed by atoms with van der Waals surface area (Å²) < 4.78 is 23.5. The molecule has 0 N–H and O–H groups in total. The maximum absolute atomic E-state index is 12.9. The second kappa shape index (κ2) is 9.95. The fraction of sp³-hybridized carbons (Fsp3) is 0.409. The van der Waals surface area contributed by atoms with Gasteiger partial charge in [0.15, 0.2) is 5.82 Å². The molecule has 1 saturated heterocycles. The molecule has 1 aliphatic rings. The van der Waals surface area contributed by atoms with Crippen LogP contribution >= 0.6 is 11.3 Å². The van der Waals surface area contributed by atoms with Crippen molar-refractivity contribution in [3.63, 3.8) is 0 Å². The number of aromatic nitrogens is 2. The van der Waals surface area contributed by atoms with Gasteiger partial charge >= 0.3 is 5.97 Å². The van der Waals surface area contributed by atoms with Crippen LogP contribution < -0.4 is 0 Å². The fourth-order valence-corrected chi connectivity index (χ4v) is 4.42. The van der Waals surface area contributed by atoms with Crippen molar-refractivity contribution in [3.05, 3.63) is 58.5 Å². The number of hydrogen-bond acceptors (Lipinski definition) is 7. The second-order valence-electron chi connectivity index (χ2n) is 7.36. The van der Waals surface area contributed by atoms with Gasteiger partial charge in [0.1, 0.15) is 5.82 Å². The normalized spacial score (nSPS) is 15.1. The molecule has 1 fully saturated rings. The highest BCUT2D eigenvalue weighted by Crippen LogP contribution is 2.28. The van der Waals surface area contributed by atoms with Crippen molar-refractivity contribution in [1.82, 2.24) is 15.0 Å². The number of esters is 1. The molecule has 0 saturated carbocycles. The van der Waals surface area contributed by atoms with E-state index in [0.29, 0.717) is 23.7 Å². The highest BCUT2D eigenvalue weighted by Gasteiger charge is 2.15. The smallest absolute Gasteiger partial charge is 0.338 e. The third kappa shape index (κ3) is 5.52. The van der Waals surface area contributed by atoms with Gasteiger partial charge in [0.2, 0.25) is 0 Å². The summed E-state index contributed by atoms with van der Waals surface area (Å²) in [5, 5.41) is 3.98. The number of thiophene rings is 1. The van der Waals surface area contributed by atoms with Crippen molar-refractivity contribution in [2.24, 2.45) is 0 Å². The van der Waals surface area contributed by atoms with E-state index in [1.165, 1.54) is 54.8 Å². The lowest BCUT2D eigenvalue weighted by Gasteiger charge is -2.18. The number of ether oxygens (including phenoxy) is 1. The van der Waals surface area contributed by atoms with E-state index in [1.54, 1.807) is 11.3 Å². The van der Waals surface area contributed by atoms with Crippen LogP contribution in [0.15, 0.2) is 40.9 Å². The van der Waals surface area contributed by atoms with Gasteiger partial charge < -0.3 is 9.26 Å². The third-order valence-corrected chi connectivity index (χ3v) is 6.12. The molecule has 6 nitrogen and oxygen atoms in total. The molecule has 4 rings (SSSR count). The Hall–Kier alpha value is -2.58. The lowest BCUT2D eigenvalue weighted by atomic mass is 10.2. The van der Waals surface area contributed by atoms with E-state index in [0.717, 1.165) is 24.5 Å². The van der Waals surface area contributed by atoms with Crippen LogP contribution in [-0.4, -0.2) is 40.7 Å². The van der Waals surface area contributed by atoms with Gasteiger partial charge in [0, 0.05) is 17.8 Å². The van der Waals surface area contributed by atoms with Crippen molar-refractivity contribution in [2.45, 2.75) is 38.6 Å². The molecule has 0 radical (unpaired) electrons. The van der Waals surface area contributed by atoms with Crippen molar-refractivity contribution < 1.29 is 18.4 Å². The first kappa shape index (κ1) is 20.7. The summed E-state index contributed by atoms with van der Waals surface area (Å²) in [5.74, 6) is 0.0746. The van der Waals surface area contributed by atoms with Crippen LogP contribution in [-0.2, 0) is 17.7 Å². The molecule has 3 aromatic rings. The largest absolute Gasteiger partial charge is 0.462 e. The number of carbonyl (C=O) groups is 1. The van der Waals surface area contributed by atoms with E-state index in [1.807, 2.05) is 6.07 Å². The van der Waals surface area contributed by atoms with Gasteiger partial charge in [-0.1, -0.05) is 18.0 Å². The standard InChI is InChI=1S/C22H24FN3O3S/c23-17-7-5-16(6-8-17)22(27)28-14-11-20-24-21(29-25-20)19-10-9-18(30-19)15-26-12-3-1-2-4-13-26/h5-10H,1-4,11-15H2. The van der Waals surface area contributed by atoms with Crippen LogP contribution in [0.4, 0.5) is 4.39 Å². The monoisotopic (exact) mass is 429 g/mol. The highest BCUT2D eigenvalue weighted by atomic mass is 32.1. The van der Waals surface area contributed by atoms with Gasteiger partial charge in [-0.25, -0.2) is 9.18 Å². The fourth-order valence-electron chi connectivity index (χ4n) is 3.45. The molecule has 8 heteroatoms. The Morgan fingerprint density at radius 2 is 1.87 bits per heavy atom. The van der Waals surface area contributed by atoms with Crippen molar-refractivity contribution in [2.75, 3.05) is 19.7 Å². The van der Waals surface area contributed by atoms with Gasteiger partial charge in [-0.3, -0.25) is 4.90 Å². The van der Waals surface area contributed by atoms with Crippen LogP contribution in [0, 0.1) is 5.82 Å². The van der Waals surface area contributed by atoms with E-state index >= 15 is 0 Å². The first-order valence-electron chi connectivity index (χ1n) is 10.2. The Balaban J connectivity index is 1.28. The predicted octanol–water partition coefficient (Wildman–Crippen LogP) is 4.71. The van der Waals surface area contributed by atoms with Crippen LogP contribution in [0.2, 0.25) is 0 Å². The molecular weight excluding hydrogens is 405 g/mol. The summed E-state index contributed by atoms with van der Waals surface area (Å²) in [7, 11) is 0. The Morgan fingerprint density at radius 3 is 2.63 bits per heavy atom. The first-order chi connectivity index (χ1) is 14.7. The molecule has 0 aliphatic carbocycles. The molecule has 0 amide bonds. The second-order valence-corrected chi connectivity index (χ2v) is 8.53. The van der Waals surface area contributed by atoms with Crippen LogP contribution in [0.1, 0.15) is 46.7 Å². The van der Waals surface area contributed by atoms with Gasteiger partial charge in [-0.2, -0.15) is 4.98 Å². The molecule has 158 valence electrons. The zero-order chi connectivity index (χ0) is 20.8. The molecule has 3 heterocycles. The summed E-state index contributed by atoms with van der Waals surface area (Å²) in [4.78, 5) is 21.1. The molecule has 2 aromatic heterocycles. The number of carbonyl (C=O) groups excluding carboxylic acids is 1. The Bertz CT molecular complexity index is 962. The summed E-state index contributed by atoms with van der Waals surface area (Å²) in [6.45, 7) is 3.41. The zero-order valence-corrected chi connectivity index (χ0v) is 17.5. The molecular formula is C22H24FN3O3S. The number of nitrogens with zero attached hydrogens (tertiary/aromatic N) is 3. The van der Waals surface area contributed by atoms with Gasteiger partial charge in [0.25, 0.3) is 5.89 Å². The van der Waals surface area contributed by atoms with E-state index in [-0.39, 0.29) is 6.61 Å². The van der Waals surface area contributed by atoms with E-state index < -0.39 is 11.8 Å². The SMILES string of the molecule is O=C(OCCc1noc(-c2ccc(CN3CCCCCC3)s2)n1)c1ccc(F)cc1. The van der Waals surface area contributed by atoms with Crippen molar-refractivity contribution >= 4 is 17.3 Å². The number of likely N-dealkylation sites (tertiary alicyclic amines) is 1. The maximum Gasteiger partial charge on any atom is 0.338 e.